The summed E-state index contributed by atoms with van der Waals surface area (Å²) in [6, 6.07) is 5.32. The Bertz CT molecular complexity index is 468. The Morgan fingerprint density at radius 1 is 1.29 bits per heavy atom. The predicted molar refractivity (Wildman–Crippen MR) is 77.6 cm³/mol. The van der Waals surface area contributed by atoms with Gasteiger partial charge in [0.25, 0.3) is 0 Å². The minimum Gasteiger partial charge on any atom is -0.491 e. The van der Waals surface area contributed by atoms with Crippen LogP contribution in [0.15, 0.2) is 18.2 Å². The van der Waals surface area contributed by atoms with Crippen LogP contribution in [0.3, 0.4) is 0 Å². The number of anilines is 2. The molecular formula is C15H21F3N2O. The Kier molecular flexibility index (Phi) is 4.85. The zero-order valence-corrected chi connectivity index (χ0v) is 12.1. The van der Waals surface area contributed by atoms with Crippen LogP contribution in [0, 0.1) is 5.92 Å². The molecule has 0 spiro atoms. The number of halogens is 3. The summed E-state index contributed by atoms with van der Waals surface area (Å²) in [4.78, 5) is 1.95. The molecule has 118 valence electrons. The van der Waals surface area contributed by atoms with Crippen molar-refractivity contribution in [2.24, 2.45) is 5.92 Å². The van der Waals surface area contributed by atoms with Crippen LogP contribution in [-0.4, -0.2) is 25.9 Å². The van der Waals surface area contributed by atoms with Crippen molar-refractivity contribution in [2.75, 3.05) is 30.3 Å². The van der Waals surface area contributed by atoms with Crippen LogP contribution < -0.4 is 15.4 Å². The summed E-state index contributed by atoms with van der Waals surface area (Å²) >= 11 is 0. The Labute approximate surface area is 122 Å². The average Bonchev–Trinajstić information content (AvgIpc) is 2.44. The molecular weight excluding hydrogens is 281 g/mol. The minimum absolute atomic E-state index is 0.126. The quantitative estimate of drug-likeness (QED) is 0.859. The highest BCUT2D eigenvalue weighted by Crippen LogP contribution is 2.38. The number of ether oxygens (including phenoxy) is 1. The number of nitrogens with two attached hydrogens (primary N) is 1. The smallest absolute Gasteiger partial charge is 0.391 e. The highest BCUT2D eigenvalue weighted by Gasteiger charge is 2.41. The lowest BCUT2D eigenvalue weighted by Crippen LogP contribution is -2.39. The van der Waals surface area contributed by atoms with Crippen LogP contribution >= 0.6 is 0 Å². The molecule has 6 heteroatoms. The third-order valence-corrected chi connectivity index (χ3v) is 3.74. The first-order chi connectivity index (χ1) is 9.91. The second-order valence-electron chi connectivity index (χ2n) is 5.38. The molecule has 0 bridgehead atoms. The molecule has 1 heterocycles. The first-order valence-corrected chi connectivity index (χ1v) is 7.25. The Hall–Kier alpha value is -1.59. The van der Waals surface area contributed by atoms with Gasteiger partial charge in [0.1, 0.15) is 5.75 Å². The maximum atomic E-state index is 12.7. The Balaban J connectivity index is 2.09. The first-order valence-electron chi connectivity index (χ1n) is 7.25. The fourth-order valence-electron chi connectivity index (χ4n) is 2.57. The molecule has 0 radical (unpaired) electrons. The van der Waals surface area contributed by atoms with E-state index in [9.17, 15) is 13.2 Å². The lowest BCUT2D eigenvalue weighted by molar-refractivity contribution is -0.179. The van der Waals surface area contributed by atoms with Crippen molar-refractivity contribution in [3.8, 4) is 5.75 Å². The monoisotopic (exact) mass is 302 g/mol. The number of benzene rings is 1. The van der Waals surface area contributed by atoms with Gasteiger partial charge in [0, 0.05) is 24.8 Å². The van der Waals surface area contributed by atoms with E-state index in [4.69, 9.17) is 10.5 Å². The second-order valence-corrected chi connectivity index (χ2v) is 5.38. The summed E-state index contributed by atoms with van der Waals surface area (Å²) in [5.41, 5.74) is 7.18. The van der Waals surface area contributed by atoms with Crippen LogP contribution in [0.5, 0.6) is 5.75 Å². The van der Waals surface area contributed by atoms with Gasteiger partial charge in [-0.15, -0.1) is 0 Å². The topological polar surface area (TPSA) is 38.5 Å². The summed E-state index contributed by atoms with van der Waals surface area (Å²) < 4.78 is 43.8. The van der Waals surface area contributed by atoms with E-state index < -0.39 is 12.1 Å². The number of nitrogen functional groups attached to an aromatic ring is 1. The molecule has 1 fully saturated rings. The fraction of sp³-hybridized carbons (Fsp3) is 0.600. The molecule has 1 aromatic rings. The molecule has 1 aromatic carbocycles. The van der Waals surface area contributed by atoms with Gasteiger partial charge in [0.05, 0.1) is 18.2 Å². The van der Waals surface area contributed by atoms with Crippen molar-refractivity contribution in [2.45, 2.75) is 32.4 Å². The zero-order chi connectivity index (χ0) is 15.5. The van der Waals surface area contributed by atoms with Gasteiger partial charge in [-0.2, -0.15) is 13.2 Å². The third-order valence-electron chi connectivity index (χ3n) is 3.74. The molecule has 1 aliphatic heterocycles. The SMILES string of the molecule is CCCOc1cc(N)ccc1N1CCC(C(F)(F)F)CC1. The molecule has 2 rings (SSSR count). The molecule has 1 aliphatic rings. The van der Waals surface area contributed by atoms with Crippen molar-refractivity contribution in [3.63, 3.8) is 0 Å². The lowest BCUT2D eigenvalue weighted by Gasteiger charge is -2.35. The van der Waals surface area contributed by atoms with Crippen LogP contribution in [0.1, 0.15) is 26.2 Å². The molecule has 21 heavy (non-hydrogen) atoms. The van der Waals surface area contributed by atoms with Gasteiger partial charge in [0.15, 0.2) is 0 Å². The zero-order valence-electron chi connectivity index (χ0n) is 12.1. The van der Waals surface area contributed by atoms with Gasteiger partial charge in [-0.3, -0.25) is 0 Å². The number of rotatable bonds is 4. The first kappa shape index (κ1) is 15.8. The van der Waals surface area contributed by atoms with E-state index in [-0.39, 0.29) is 12.8 Å². The molecule has 0 aliphatic carbocycles. The number of piperidine rings is 1. The van der Waals surface area contributed by atoms with Crippen molar-refractivity contribution in [1.29, 1.82) is 0 Å². The highest BCUT2D eigenvalue weighted by molar-refractivity contribution is 5.64. The van der Waals surface area contributed by atoms with Gasteiger partial charge in [0.2, 0.25) is 0 Å². The third kappa shape index (κ3) is 3.95. The van der Waals surface area contributed by atoms with Gasteiger partial charge >= 0.3 is 6.18 Å². The van der Waals surface area contributed by atoms with E-state index in [1.54, 1.807) is 12.1 Å². The Morgan fingerprint density at radius 2 is 1.95 bits per heavy atom. The van der Waals surface area contributed by atoms with Crippen LogP contribution in [0.2, 0.25) is 0 Å². The summed E-state index contributed by atoms with van der Waals surface area (Å²) in [6.07, 6.45) is -2.97. The molecule has 0 atom stereocenters. The van der Waals surface area contributed by atoms with Crippen molar-refractivity contribution < 1.29 is 17.9 Å². The molecule has 2 N–H and O–H groups in total. The standard InChI is InChI=1S/C15H21F3N2O/c1-2-9-21-14-10-12(19)3-4-13(14)20-7-5-11(6-8-20)15(16,17)18/h3-4,10-11H,2,5-9,19H2,1H3. The van der Waals surface area contributed by atoms with Gasteiger partial charge < -0.3 is 15.4 Å². The van der Waals surface area contributed by atoms with E-state index in [1.807, 2.05) is 17.9 Å². The summed E-state index contributed by atoms with van der Waals surface area (Å²) in [6.45, 7) is 3.34. The summed E-state index contributed by atoms with van der Waals surface area (Å²) in [5.74, 6) is -0.537. The van der Waals surface area contributed by atoms with Crippen LogP contribution in [0.4, 0.5) is 24.5 Å². The van der Waals surface area contributed by atoms with Crippen LogP contribution in [0.25, 0.3) is 0 Å². The number of alkyl halides is 3. The van der Waals surface area contributed by atoms with Gasteiger partial charge in [-0.05, 0) is 31.4 Å². The van der Waals surface area contributed by atoms with Gasteiger partial charge in [-0.1, -0.05) is 6.92 Å². The Morgan fingerprint density at radius 3 is 2.52 bits per heavy atom. The minimum atomic E-state index is -4.09. The number of hydrogen-bond acceptors (Lipinski definition) is 3. The van der Waals surface area contributed by atoms with E-state index in [2.05, 4.69) is 0 Å². The van der Waals surface area contributed by atoms with Crippen molar-refractivity contribution in [1.82, 2.24) is 0 Å². The van der Waals surface area contributed by atoms with Crippen molar-refractivity contribution in [3.05, 3.63) is 18.2 Å². The normalized spacial score (nSPS) is 17.0. The molecule has 0 saturated carbocycles. The molecule has 0 aromatic heterocycles. The molecule has 3 nitrogen and oxygen atoms in total. The van der Waals surface area contributed by atoms with Gasteiger partial charge in [-0.25, -0.2) is 0 Å². The summed E-state index contributed by atoms with van der Waals surface area (Å²) in [7, 11) is 0. The van der Waals surface area contributed by atoms with E-state index in [0.29, 0.717) is 31.1 Å². The van der Waals surface area contributed by atoms with E-state index in [0.717, 1.165) is 12.1 Å². The molecule has 1 saturated heterocycles. The molecule has 0 unspecified atom stereocenters. The second kappa shape index (κ2) is 6.45. The number of nitrogens with zero attached hydrogens (tertiary/aromatic N) is 1. The highest BCUT2D eigenvalue weighted by atomic mass is 19.4. The number of hydrogen-bond donors (Lipinski definition) is 1. The maximum absolute atomic E-state index is 12.7. The fourth-order valence-corrected chi connectivity index (χ4v) is 2.57. The average molecular weight is 302 g/mol. The lowest BCUT2D eigenvalue weighted by atomic mass is 9.96. The van der Waals surface area contributed by atoms with Crippen LogP contribution in [-0.2, 0) is 0 Å². The maximum Gasteiger partial charge on any atom is 0.391 e. The van der Waals surface area contributed by atoms with E-state index >= 15 is 0 Å². The molecule has 0 amide bonds. The largest absolute Gasteiger partial charge is 0.491 e. The summed E-state index contributed by atoms with van der Waals surface area (Å²) in [5, 5.41) is 0. The van der Waals surface area contributed by atoms with Crippen molar-refractivity contribution >= 4 is 11.4 Å². The van der Waals surface area contributed by atoms with E-state index in [1.165, 1.54) is 0 Å². The predicted octanol–water partition coefficient (Wildman–Crippen LogP) is 3.84.